The SMILES string of the molecule is CSCCCCNc1cnc2ccccc2c1. The molecule has 2 nitrogen and oxygen atoms in total. The first-order chi connectivity index (χ1) is 8.40. The maximum absolute atomic E-state index is 4.43. The molecule has 0 saturated heterocycles. The quantitative estimate of drug-likeness (QED) is 0.785. The smallest absolute Gasteiger partial charge is 0.0703 e. The molecule has 0 bridgehead atoms. The standard InChI is InChI=1S/C14H18N2S/c1-17-9-5-4-8-15-13-10-12-6-2-3-7-14(12)16-11-13/h2-3,6-7,10-11,15H,4-5,8-9H2,1H3. The molecule has 2 aromatic rings. The van der Waals surface area contributed by atoms with E-state index in [1.807, 2.05) is 36.2 Å². The Labute approximate surface area is 107 Å². The van der Waals surface area contributed by atoms with Crippen molar-refractivity contribution in [1.82, 2.24) is 4.98 Å². The first-order valence-corrected chi connectivity index (χ1v) is 7.37. The first kappa shape index (κ1) is 12.2. The van der Waals surface area contributed by atoms with Crippen LogP contribution in [0.2, 0.25) is 0 Å². The van der Waals surface area contributed by atoms with Crippen LogP contribution in [-0.2, 0) is 0 Å². The lowest BCUT2D eigenvalue weighted by atomic mass is 10.2. The van der Waals surface area contributed by atoms with Crippen LogP contribution in [0.1, 0.15) is 12.8 Å². The molecular weight excluding hydrogens is 228 g/mol. The molecule has 0 aliphatic carbocycles. The number of benzene rings is 1. The molecule has 0 saturated carbocycles. The molecule has 0 aliphatic heterocycles. The predicted octanol–water partition coefficient (Wildman–Crippen LogP) is 3.79. The summed E-state index contributed by atoms with van der Waals surface area (Å²) in [6.07, 6.45) is 6.56. The van der Waals surface area contributed by atoms with Crippen molar-refractivity contribution in [2.45, 2.75) is 12.8 Å². The Morgan fingerprint density at radius 2 is 2.12 bits per heavy atom. The second-order valence-corrected chi connectivity index (χ2v) is 5.03. The van der Waals surface area contributed by atoms with Gasteiger partial charge in [-0.15, -0.1) is 0 Å². The van der Waals surface area contributed by atoms with Crippen LogP contribution in [0.4, 0.5) is 5.69 Å². The number of rotatable bonds is 6. The molecule has 1 aromatic heterocycles. The Bertz CT molecular complexity index is 470. The molecule has 0 unspecified atom stereocenters. The number of pyridine rings is 1. The number of thioether (sulfide) groups is 1. The highest BCUT2D eigenvalue weighted by Crippen LogP contribution is 2.15. The van der Waals surface area contributed by atoms with Gasteiger partial charge < -0.3 is 5.32 Å². The molecule has 1 N–H and O–H groups in total. The Balaban J connectivity index is 1.90. The molecule has 1 heterocycles. The second-order valence-electron chi connectivity index (χ2n) is 4.04. The number of anilines is 1. The van der Waals surface area contributed by atoms with E-state index in [1.165, 1.54) is 24.0 Å². The number of aromatic nitrogens is 1. The van der Waals surface area contributed by atoms with Gasteiger partial charge in [-0.2, -0.15) is 11.8 Å². The zero-order valence-electron chi connectivity index (χ0n) is 10.1. The van der Waals surface area contributed by atoms with Crippen LogP contribution in [0.15, 0.2) is 36.5 Å². The Morgan fingerprint density at radius 1 is 1.24 bits per heavy atom. The lowest BCUT2D eigenvalue weighted by Crippen LogP contribution is -2.02. The van der Waals surface area contributed by atoms with Gasteiger partial charge in [0, 0.05) is 11.9 Å². The summed E-state index contributed by atoms with van der Waals surface area (Å²) in [6, 6.07) is 10.4. The topological polar surface area (TPSA) is 24.9 Å². The number of unbranched alkanes of at least 4 members (excludes halogenated alkanes) is 1. The summed E-state index contributed by atoms with van der Waals surface area (Å²) in [5, 5.41) is 4.62. The second kappa shape index (κ2) is 6.50. The molecule has 0 amide bonds. The summed E-state index contributed by atoms with van der Waals surface area (Å²) in [7, 11) is 0. The van der Waals surface area contributed by atoms with Gasteiger partial charge in [0.25, 0.3) is 0 Å². The number of nitrogens with one attached hydrogen (secondary N) is 1. The van der Waals surface area contributed by atoms with Gasteiger partial charge in [-0.1, -0.05) is 18.2 Å². The van der Waals surface area contributed by atoms with Gasteiger partial charge >= 0.3 is 0 Å². The third-order valence-corrected chi connectivity index (χ3v) is 3.39. The van der Waals surface area contributed by atoms with Gasteiger partial charge in [0.05, 0.1) is 17.4 Å². The molecule has 0 spiro atoms. The summed E-state index contributed by atoms with van der Waals surface area (Å²) in [6.45, 7) is 1.03. The molecule has 0 fully saturated rings. The molecule has 0 atom stereocenters. The van der Waals surface area contributed by atoms with Gasteiger partial charge in [-0.3, -0.25) is 4.98 Å². The monoisotopic (exact) mass is 246 g/mol. The largest absolute Gasteiger partial charge is 0.384 e. The summed E-state index contributed by atoms with van der Waals surface area (Å²) in [5.41, 5.74) is 2.17. The fourth-order valence-electron chi connectivity index (χ4n) is 1.77. The van der Waals surface area contributed by atoms with Crippen molar-refractivity contribution in [2.75, 3.05) is 23.9 Å². The fourth-order valence-corrected chi connectivity index (χ4v) is 2.26. The van der Waals surface area contributed by atoms with E-state index in [4.69, 9.17) is 0 Å². The number of nitrogens with zero attached hydrogens (tertiary/aromatic N) is 1. The van der Waals surface area contributed by atoms with Gasteiger partial charge in [0.2, 0.25) is 0 Å². The summed E-state index contributed by atoms with van der Waals surface area (Å²) in [4.78, 5) is 4.43. The molecular formula is C14H18N2S. The third-order valence-electron chi connectivity index (χ3n) is 2.69. The van der Waals surface area contributed by atoms with E-state index in [2.05, 4.69) is 28.7 Å². The van der Waals surface area contributed by atoms with Crippen molar-refractivity contribution in [3.8, 4) is 0 Å². The van der Waals surface area contributed by atoms with Crippen LogP contribution in [0.25, 0.3) is 10.9 Å². The normalized spacial score (nSPS) is 10.6. The van der Waals surface area contributed by atoms with Gasteiger partial charge in [0.15, 0.2) is 0 Å². The van der Waals surface area contributed by atoms with Crippen LogP contribution in [0.3, 0.4) is 0 Å². The Morgan fingerprint density at radius 3 is 3.00 bits per heavy atom. The number of hydrogen-bond donors (Lipinski definition) is 1. The van der Waals surface area contributed by atoms with E-state index >= 15 is 0 Å². The van der Waals surface area contributed by atoms with E-state index in [1.54, 1.807) is 0 Å². The summed E-state index contributed by atoms with van der Waals surface area (Å²) in [5.74, 6) is 1.25. The lowest BCUT2D eigenvalue weighted by Gasteiger charge is -2.06. The first-order valence-electron chi connectivity index (χ1n) is 5.98. The average Bonchev–Trinajstić information content (AvgIpc) is 2.38. The van der Waals surface area contributed by atoms with Gasteiger partial charge in [0.1, 0.15) is 0 Å². The minimum absolute atomic E-state index is 1.03. The highest BCUT2D eigenvalue weighted by Gasteiger charge is 1.96. The lowest BCUT2D eigenvalue weighted by molar-refractivity contribution is 0.843. The van der Waals surface area contributed by atoms with E-state index in [0.717, 1.165) is 17.7 Å². The number of fused-ring (bicyclic) bond motifs is 1. The number of para-hydroxylation sites is 1. The molecule has 0 aliphatic rings. The third kappa shape index (κ3) is 3.63. The zero-order valence-corrected chi connectivity index (χ0v) is 11.0. The maximum Gasteiger partial charge on any atom is 0.0703 e. The Hall–Kier alpha value is -1.22. The zero-order chi connectivity index (χ0) is 11.9. The van der Waals surface area contributed by atoms with E-state index in [-0.39, 0.29) is 0 Å². The van der Waals surface area contributed by atoms with E-state index in [0.29, 0.717) is 0 Å². The Kier molecular flexibility index (Phi) is 4.68. The summed E-state index contributed by atoms with van der Waals surface area (Å²) < 4.78 is 0. The van der Waals surface area contributed by atoms with Crippen molar-refractivity contribution < 1.29 is 0 Å². The molecule has 3 heteroatoms. The predicted molar refractivity (Wildman–Crippen MR) is 77.8 cm³/mol. The minimum atomic E-state index is 1.03. The van der Waals surface area contributed by atoms with Crippen LogP contribution in [-0.4, -0.2) is 23.5 Å². The minimum Gasteiger partial charge on any atom is -0.384 e. The van der Waals surface area contributed by atoms with Crippen molar-refractivity contribution >= 4 is 28.4 Å². The molecule has 17 heavy (non-hydrogen) atoms. The van der Waals surface area contributed by atoms with E-state index < -0.39 is 0 Å². The maximum atomic E-state index is 4.43. The molecule has 90 valence electrons. The van der Waals surface area contributed by atoms with Gasteiger partial charge in [-0.25, -0.2) is 0 Å². The summed E-state index contributed by atoms with van der Waals surface area (Å²) >= 11 is 1.91. The average molecular weight is 246 g/mol. The van der Waals surface area contributed by atoms with Crippen LogP contribution >= 0.6 is 11.8 Å². The van der Waals surface area contributed by atoms with Crippen molar-refractivity contribution in [3.63, 3.8) is 0 Å². The van der Waals surface area contributed by atoms with Crippen molar-refractivity contribution in [2.24, 2.45) is 0 Å². The van der Waals surface area contributed by atoms with E-state index in [9.17, 15) is 0 Å². The molecule has 0 radical (unpaired) electrons. The highest BCUT2D eigenvalue weighted by molar-refractivity contribution is 7.98. The molecule has 1 aromatic carbocycles. The highest BCUT2D eigenvalue weighted by atomic mass is 32.2. The fraction of sp³-hybridized carbons (Fsp3) is 0.357. The van der Waals surface area contributed by atoms with Crippen LogP contribution < -0.4 is 5.32 Å². The van der Waals surface area contributed by atoms with Crippen LogP contribution in [0, 0.1) is 0 Å². The van der Waals surface area contributed by atoms with Crippen molar-refractivity contribution in [3.05, 3.63) is 36.5 Å². The van der Waals surface area contributed by atoms with Crippen molar-refractivity contribution in [1.29, 1.82) is 0 Å². The van der Waals surface area contributed by atoms with Gasteiger partial charge in [-0.05, 0) is 37.0 Å². The van der Waals surface area contributed by atoms with Crippen LogP contribution in [0.5, 0.6) is 0 Å². The number of hydrogen-bond acceptors (Lipinski definition) is 3. The molecule has 2 rings (SSSR count).